The number of benzene rings is 1. The van der Waals surface area contributed by atoms with Crippen molar-refractivity contribution in [3.05, 3.63) is 41.2 Å². The Bertz CT molecular complexity index is 625. The van der Waals surface area contributed by atoms with E-state index in [9.17, 15) is 4.79 Å². The quantitative estimate of drug-likeness (QED) is 0.862. The predicted molar refractivity (Wildman–Crippen MR) is 83.4 cm³/mol. The summed E-state index contributed by atoms with van der Waals surface area (Å²) < 4.78 is 5.20. The number of ether oxygens (including phenoxy) is 1. The second kappa shape index (κ2) is 6.12. The molecule has 0 aliphatic carbocycles. The highest BCUT2D eigenvalue weighted by atomic mass is 16.5. The van der Waals surface area contributed by atoms with Crippen LogP contribution in [-0.4, -0.2) is 22.0 Å². The Balaban J connectivity index is 2.27. The number of aryl methyl sites for hydroxylation is 1. The monoisotopic (exact) mass is 286 g/mol. The van der Waals surface area contributed by atoms with Crippen LogP contribution in [0.2, 0.25) is 0 Å². The third kappa shape index (κ3) is 3.51. The lowest BCUT2D eigenvalue weighted by molar-refractivity contribution is 0.0370. The van der Waals surface area contributed by atoms with Crippen molar-refractivity contribution in [3.8, 4) is 11.4 Å². The summed E-state index contributed by atoms with van der Waals surface area (Å²) in [5.41, 5.74) is 3.32. The van der Waals surface area contributed by atoms with Crippen molar-refractivity contribution in [1.82, 2.24) is 9.97 Å². The largest absolute Gasteiger partial charge is 0.458 e. The number of H-pyrrole nitrogens is 1. The van der Waals surface area contributed by atoms with Gasteiger partial charge in [-0.2, -0.15) is 0 Å². The van der Waals surface area contributed by atoms with Crippen molar-refractivity contribution in [2.45, 2.75) is 46.6 Å². The molecule has 1 aromatic heterocycles. The van der Waals surface area contributed by atoms with Crippen LogP contribution in [0.1, 0.15) is 55.4 Å². The fourth-order valence-electron chi connectivity index (χ4n) is 2.09. The van der Waals surface area contributed by atoms with E-state index in [0.29, 0.717) is 17.4 Å². The molecule has 2 rings (SSSR count). The predicted octanol–water partition coefficient (Wildman–Crippen LogP) is 4.07. The fraction of sp³-hybridized carbons (Fsp3) is 0.412. The molecule has 112 valence electrons. The summed E-state index contributed by atoms with van der Waals surface area (Å²) in [5.74, 6) is 0.802. The number of hydrogen-bond acceptors (Lipinski definition) is 3. The zero-order valence-electron chi connectivity index (χ0n) is 13.2. The molecule has 0 radical (unpaired) electrons. The molecule has 4 heteroatoms. The van der Waals surface area contributed by atoms with Gasteiger partial charge < -0.3 is 9.72 Å². The maximum atomic E-state index is 12.0. The number of rotatable bonds is 4. The molecular formula is C17H22N2O2. The van der Waals surface area contributed by atoms with Gasteiger partial charge in [0.05, 0.1) is 6.10 Å². The first kappa shape index (κ1) is 15.3. The molecule has 0 fully saturated rings. The minimum absolute atomic E-state index is 0.151. The van der Waals surface area contributed by atoms with E-state index in [-0.39, 0.29) is 12.1 Å². The number of carbonyl (C=O) groups is 1. The Hall–Kier alpha value is -2.10. The average molecular weight is 286 g/mol. The summed E-state index contributed by atoms with van der Waals surface area (Å²) >= 11 is 0. The zero-order valence-corrected chi connectivity index (χ0v) is 13.2. The van der Waals surface area contributed by atoms with Crippen LogP contribution in [-0.2, 0) is 4.74 Å². The fourth-order valence-corrected chi connectivity index (χ4v) is 2.09. The van der Waals surface area contributed by atoms with Crippen molar-refractivity contribution in [2.24, 2.45) is 0 Å². The first-order valence-electron chi connectivity index (χ1n) is 7.26. The molecule has 1 heterocycles. The minimum atomic E-state index is -0.385. The van der Waals surface area contributed by atoms with Gasteiger partial charge in [0.2, 0.25) is 0 Å². The molecule has 0 aliphatic heterocycles. The van der Waals surface area contributed by atoms with Crippen molar-refractivity contribution < 1.29 is 9.53 Å². The van der Waals surface area contributed by atoms with Gasteiger partial charge in [-0.25, -0.2) is 9.78 Å². The van der Waals surface area contributed by atoms with E-state index in [1.165, 1.54) is 5.56 Å². The topological polar surface area (TPSA) is 55.0 Å². The van der Waals surface area contributed by atoms with Crippen LogP contribution < -0.4 is 0 Å². The van der Waals surface area contributed by atoms with Gasteiger partial charge in [-0.15, -0.1) is 0 Å². The van der Waals surface area contributed by atoms with Gasteiger partial charge in [-0.05, 0) is 32.3 Å². The van der Waals surface area contributed by atoms with E-state index in [1.54, 1.807) is 0 Å². The van der Waals surface area contributed by atoms with E-state index in [1.807, 2.05) is 32.9 Å². The molecule has 0 bridgehead atoms. The van der Waals surface area contributed by atoms with E-state index in [0.717, 1.165) is 11.3 Å². The van der Waals surface area contributed by atoms with E-state index < -0.39 is 0 Å². The summed E-state index contributed by atoms with van der Waals surface area (Å²) in [7, 11) is 0. The molecule has 21 heavy (non-hydrogen) atoms. The summed E-state index contributed by atoms with van der Waals surface area (Å²) in [6.07, 6.45) is -0.151. The smallest absolute Gasteiger partial charge is 0.359 e. The lowest BCUT2D eigenvalue weighted by Gasteiger charge is -2.06. The number of aromatic amines is 1. The molecule has 2 aromatic rings. The summed E-state index contributed by atoms with van der Waals surface area (Å²) in [5, 5.41) is 0. The van der Waals surface area contributed by atoms with Crippen molar-refractivity contribution in [3.63, 3.8) is 0 Å². The van der Waals surface area contributed by atoms with E-state index >= 15 is 0 Å². The van der Waals surface area contributed by atoms with Crippen molar-refractivity contribution in [2.75, 3.05) is 0 Å². The number of imidazole rings is 1. The Morgan fingerprint density at radius 3 is 2.29 bits per heavy atom. The zero-order chi connectivity index (χ0) is 15.6. The maximum absolute atomic E-state index is 12.0. The van der Waals surface area contributed by atoms with Crippen LogP contribution in [0.3, 0.4) is 0 Å². The molecule has 0 saturated carbocycles. The Morgan fingerprint density at radius 2 is 1.76 bits per heavy atom. The molecule has 0 amide bonds. The number of esters is 1. The molecule has 4 nitrogen and oxygen atoms in total. The highest BCUT2D eigenvalue weighted by Gasteiger charge is 2.18. The number of nitrogens with one attached hydrogen (secondary N) is 1. The highest BCUT2D eigenvalue weighted by molar-refractivity contribution is 5.89. The molecular weight excluding hydrogens is 264 g/mol. The van der Waals surface area contributed by atoms with Gasteiger partial charge in [-0.1, -0.05) is 38.1 Å². The van der Waals surface area contributed by atoms with Gasteiger partial charge >= 0.3 is 5.97 Å². The van der Waals surface area contributed by atoms with Gasteiger partial charge in [0.1, 0.15) is 5.82 Å². The third-order valence-electron chi connectivity index (χ3n) is 3.27. The van der Waals surface area contributed by atoms with Gasteiger partial charge in [0.25, 0.3) is 0 Å². The van der Waals surface area contributed by atoms with Crippen LogP contribution in [0.25, 0.3) is 11.4 Å². The van der Waals surface area contributed by atoms with Gasteiger partial charge in [0.15, 0.2) is 5.69 Å². The number of nitrogens with zero attached hydrogens (tertiary/aromatic N) is 1. The second-order valence-corrected chi connectivity index (χ2v) is 5.79. The molecule has 1 N–H and O–H groups in total. The van der Waals surface area contributed by atoms with E-state index in [4.69, 9.17) is 4.74 Å². The second-order valence-electron chi connectivity index (χ2n) is 5.79. The maximum Gasteiger partial charge on any atom is 0.359 e. The Labute approximate surface area is 125 Å². The standard InChI is InChI=1S/C17H22N2O2/c1-10(2)13-6-8-14(9-7-13)16-18-12(5)15(19-16)17(20)21-11(3)4/h6-11H,1-5H3,(H,18,19). The van der Waals surface area contributed by atoms with Crippen LogP contribution in [0.4, 0.5) is 0 Å². The Kier molecular flexibility index (Phi) is 4.46. The third-order valence-corrected chi connectivity index (χ3v) is 3.27. The average Bonchev–Trinajstić information content (AvgIpc) is 2.80. The normalized spacial score (nSPS) is 11.2. The van der Waals surface area contributed by atoms with Gasteiger partial charge in [0, 0.05) is 11.3 Å². The van der Waals surface area contributed by atoms with Crippen LogP contribution in [0.5, 0.6) is 0 Å². The summed E-state index contributed by atoms with van der Waals surface area (Å²) in [6, 6.07) is 8.21. The first-order valence-corrected chi connectivity index (χ1v) is 7.26. The van der Waals surface area contributed by atoms with Gasteiger partial charge in [-0.3, -0.25) is 0 Å². The Morgan fingerprint density at radius 1 is 1.14 bits per heavy atom. The van der Waals surface area contributed by atoms with Crippen molar-refractivity contribution >= 4 is 5.97 Å². The summed E-state index contributed by atoms with van der Waals surface area (Å²) in [6.45, 7) is 9.80. The molecule has 0 atom stereocenters. The highest BCUT2D eigenvalue weighted by Crippen LogP contribution is 2.22. The molecule has 1 aromatic carbocycles. The van der Waals surface area contributed by atoms with E-state index in [2.05, 4.69) is 35.9 Å². The molecule has 0 saturated heterocycles. The first-order chi connectivity index (χ1) is 9.88. The molecule has 0 spiro atoms. The minimum Gasteiger partial charge on any atom is -0.458 e. The van der Waals surface area contributed by atoms with Crippen molar-refractivity contribution in [1.29, 1.82) is 0 Å². The number of hydrogen-bond donors (Lipinski definition) is 1. The summed E-state index contributed by atoms with van der Waals surface area (Å²) in [4.78, 5) is 19.5. The SMILES string of the molecule is Cc1[nH]c(-c2ccc(C(C)C)cc2)nc1C(=O)OC(C)C. The number of aromatic nitrogens is 2. The van der Waals surface area contributed by atoms with Crippen LogP contribution in [0.15, 0.2) is 24.3 Å². The number of carbonyl (C=O) groups excluding carboxylic acids is 1. The molecule has 0 aliphatic rings. The lowest BCUT2D eigenvalue weighted by Crippen LogP contribution is -2.13. The van der Waals surface area contributed by atoms with Crippen LogP contribution in [0, 0.1) is 6.92 Å². The molecule has 0 unspecified atom stereocenters. The lowest BCUT2D eigenvalue weighted by atomic mass is 10.0. The van der Waals surface area contributed by atoms with Crippen LogP contribution >= 0.6 is 0 Å².